The SMILES string of the molecule is O=C1CC(NCC(=O)N2CCCC2)CCCN1. The highest BCUT2D eigenvalue weighted by atomic mass is 16.2. The molecule has 0 aromatic carbocycles. The fraction of sp³-hybridized carbons (Fsp3) is 0.833. The average molecular weight is 239 g/mol. The zero-order valence-corrected chi connectivity index (χ0v) is 10.2. The van der Waals surface area contributed by atoms with E-state index in [1.807, 2.05) is 4.90 Å². The van der Waals surface area contributed by atoms with Crippen molar-refractivity contribution >= 4 is 11.8 Å². The molecule has 96 valence electrons. The van der Waals surface area contributed by atoms with Crippen LogP contribution in [0.3, 0.4) is 0 Å². The number of likely N-dealkylation sites (tertiary alicyclic amines) is 1. The largest absolute Gasteiger partial charge is 0.356 e. The van der Waals surface area contributed by atoms with Gasteiger partial charge in [-0.1, -0.05) is 0 Å². The van der Waals surface area contributed by atoms with Gasteiger partial charge < -0.3 is 15.5 Å². The number of hydrogen-bond acceptors (Lipinski definition) is 3. The van der Waals surface area contributed by atoms with E-state index in [-0.39, 0.29) is 17.9 Å². The Bertz CT molecular complexity index is 287. The van der Waals surface area contributed by atoms with E-state index >= 15 is 0 Å². The molecule has 0 aromatic rings. The summed E-state index contributed by atoms with van der Waals surface area (Å²) in [4.78, 5) is 25.1. The lowest BCUT2D eigenvalue weighted by atomic mass is 10.1. The summed E-state index contributed by atoms with van der Waals surface area (Å²) in [5.41, 5.74) is 0. The summed E-state index contributed by atoms with van der Waals surface area (Å²) >= 11 is 0. The molecule has 1 unspecified atom stereocenters. The number of amides is 2. The van der Waals surface area contributed by atoms with Gasteiger partial charge in [0.2, 0.25) is 11.8 Å². The minimum atomic E-state index is 0.0913. The maximum Gasteiger partial charge on any atom is 0.236 e. The predicted octanol–water partition coefficient (Wildman–Crippen LogP) is -0.133. The molecule has 17 heavy (non-hydrogen) atoms. The lowest BCUT2D eigenvalue weighted by molar-refractivity contribution is -0.129. The molecule has 0 saturated carbocycles. The first-order valence-electron chi connectivity index (χ1n) is 6.53. The molecule has 2 heterocycles. The van der Waals surface area contributed by atoms with Crippen molar-refractivity contribution in [1.82, 2.24) is 15.5 Å². The molecular weight excluding hydrogens is 218 g/mol. The quantitative estimate of drug-likeness (QED) is 0.721. The molecule has 2 amide bonds. The number of nitrogens with one attached hydrogen (secondary N) is 2. The van der Waals surface area contributed by atoms with Gasteiger partial charge in [-0.25, -0.2) is 0 Å². The van der Waals surface area contributed by atoms with Crippen molar-refractivity contribution < 1.29 is 9.59 Å². The monoisotopic (exact) mass is 239 g/mol. The molecule has 5 nitrogen and oxygen atoms in total. The van der Waals surface area contributed by atoms with E-state index in [0.29, 0.717) is 13.0 Å². The highest BCUT2D eigenvalue weighted by molar-refractivity contribution is 5.79. The van der Waals surface area contributed by atoms with Gasteiger partial charge in [0.15, 0.2) is 0 Å². The van der Waals surface area contributed by atoms with Crippen LogP contribution in [0.5, 0.6) is 0 Å². The standard InChI is InChI=1S/C12H21N3O2/c16-11-8-10(4-3-5-13-11)14-9-12(17)15-6-1-2-7-15/h10,14H,1-9H2,(H,13,16). The van der Waals surface area contributed by atoms with Crippen LogP contribution in [0.15, 0.2) is 0 Å². The number of carbonyl (C=O) groups excluding carboxylic acids is 2. The van der Waals surface area contributed by atoms with E-state index in [2.05, 4.69) is 10.6 Å². The fourth-order valence-corrected chi connectivity index (χ4v) is 2.46. The lowest BCUT2D eigenvalue weighted by Crippen LogP contribution is -2.41. The second-order valence-electron chi connectivity index (χ2n) is 4.86. The molecule has 2 N–H and O–H groups in total. The molecular formula is C12H21N3O2. The van der Waals surface area contributed by atoms with Gasteiger partial charge in [-0.15, -0.1) is 0 Å². The van der Waals surface area contributed by atoms with Gasteiger partial charge in [-0.2, -0.15) is 0 Å². The topological polar surface area (TPSA) is 61.4 Å². The zero-order chi connectivity index (χ0) is 12.1. The second-order valence-corrected chi connectivity index (χ2v) is 4.86. The molecule has 0 radical (unpaired) electrons. The molecule has 2 aliphatic rings. The summed E-state index contributed by atoms with van der Waals surface area (Å²) < 4.78 is 0. The summed E-state index contributed by atoms with van der Waals surface area (Å²) in [6.07, 6.45) is 4.69. The van der Waals surface area contributed by atoms with Crippen LogP contribution >= 0.6 is 0 Å². The van der Waals surface area contributed by atoms with Crippen LogP contribution in [0.2, 0.25) is 0 Å². The average Bonchev–Trinajstić information content (AvgIpc) is 2.77. The highest BCUT2D eigenvalue weighted by Gasteiger charge is 2.21. The van der Waals surface area contributed by atoms with E-state index in [1.165, 1.54) is 0 Å². The van der Waals surface area contributed by atoms with Crippen molar-refractivity contribution in [1.29, 1.82) is 0 Å². The van der Waals surface area contributed by atoms with Gasteiger partial charge in [-0.3, -0.25) is 9.59 Å². The molecule has 0 spiro atoms. The van der Waals surface area contributed by atoms with E-state index in [9.17, 15) is 9.59 Å². The van der Waals surface area contributed by atoms with Gasteiger partial charge in [0.1, 0.15) is 0 Å². The van der Waals surface area contributed by atoms with Crippen LogP contribution in [-0.2, 0) is 9.59 Å². The Hall–Kier alpha value is -1.10. The number of nitrogens with zero attached hydrogens (tertiary/aromatic N) is 1. The van der Waals surface area contributed by atoms with E-state index in [1.54, 1.807) is 0 Å². The molecule has 2 saturated heterocycles. The zero-order valence-electron chi connectivity index (χ0n) is 10.2. The number of hydrogen-bond donors (Lipinski definition) is 2. The summed E-state index contributed by atoms with van der Waals surface area (Å²) in [5.74, 6) is 0.265. The molecule has 5 heteroatoms. The Labute approximate surface area is 102 Å². The fourth-order valence-electron chi connectivity index (χ4n) is 2.46. The van der Waals surface area contributed by atoms with Crippen LogP contribution < -0.4 is 10.6 Å². The van der Waals surface area contributed by atoms with Gasteiger partial charge in [0, 0.05) is 32.1 Å². The molecule has 2 aliphatic heterocycles. The summed E-state index contributed by atoms with van der Waals surface area (Å²) in [6, 6.07) is 0.157. The molecule has 0 bridgehead atoms. The van der Waals surface area contributed by atoms with Gasteiger partial charge in [-0.05, 0) is 25.7 Å². The molecule has 0 aliphatic carbocycles. The smallest absolute Gasteiger partial charge is 0.236 e. The first-order valence-corrected chi connectivity index (χ1v) is 6.53. The minimum Gasteiger partial charge on any atom is -0.356 e. The third kappa shape index (κ3) is 3.70. The van der Waals surface area contributed by atoms with Gasteiger partial charge in [0.05, 0.1) is 6.54 Å². The normalized spacial score (nSPS) is 25.5. The first-order chi connectivity index (χ1) is 8.25. The van der Waals surface area contributed by atoms with Crippen molar-refractivity contribution in [2.45, 2.75) is 38.1 Å². The van der Waals surface area contributed by atoms with Gasteiger partial charge >= 0.3 is 0 Å². The van der Waals surface area contributed by atoms with Gasteiger partial charge in [0.25, 0.3) is 0 Å². The van der Waals surface area contributed by atoms with E-state index in [4.69, 9.17) is 0 Å². The molecule has 0 aromatic heterocycles. The van der Waals surface area contributed by atoms with E-state index in [0.717, 1.165) is 45.3 Å². The Morgan fingerprint density at radius 3 is 2.88 bits per heavy atom. The molecule has 1 atom stereocenters. The van der Waals surface area contributed by atoms with Crippen LogP contribution in [0.1, 0.15) is 32.1 Å². The van der Waals surface area contributed by atoms with Crippen molar-refractivity contribution in [3.8, 4) is 0 Å². The predicted molar refractivity (Wildman–Crippen MR) is 64.5 cm³/mol. The van der Waals surface area contributed by atoms with Crippen molar-refractivity contribution in [2.75, 3.05) is 26.2 Å². The Morgan fingerprint density at radius 2 is 2.12 bits per heavy atom. The first kappa shape index (κ1) is 12.4. The number of carbonyl (C=O) groups is 2. The maximum absolute atomic E-state index is 11.8. The Kier molecular flexibility index (Phi) is 4.36. The van der Waals surface area contributed by atoms with Crippen LogP contribution in [0.4, 0.5) is 0 Å². The third-order valence-corrected chi connectivity index (χ3v) is 3.48. The summed E-state index contributed by atoms with van der Waals surface area (Å²) in [6.45, 7) is 2.92. The van der Waals surface area contributed by atoms with E-state index < -0.39 is 0 Å². The minimum absolute atomic E-state index is 0.0913. The maximum atomic E-state index is 11.8. The second kappa shape index (κ2) is 6.00. The summed E-state index contributed by atoms with van der Waals surface area (Å²) in [7, 11) is 0. The van der Waals surface area contributed by atoms with Crippen LogP contribution in [0.25, 0.3) is 0 Å². The Balaban J connectivity index is 1.72. The van der Waals surface area contributed by atoms with Crippen LogP contribution in [-0.4, -0.2) is 48.9 Å². The summed E-state index contributed by atoms with van der Waals surface area (Å²) in [5, 5.41) is 6.06. The highest BCUT2D eigenvalue weighted by Crippen LogP contribution is 2.08. The lowest BCUT2D eigenvalue weighted by Gasteiger charge is -2.19. The number of rotatable bonds is 3. The van der Waals surface area contributed by atoms with Crippen molar-refractivity contribution in [2.24, 2.45) is 0 Å². The van der Waals surface area contributed by atoms with Crippen LogP contribution in [0, 0.1) is 0 Å². The molecule has 2 rings (SSSR count). The Morgan fingerprint density at radius 1 is 1.35 bits per heavy atom. The van der Waals surface area contributed by atoms with Crippen molar-refractivity contribution in [3.05, 3.63) is 0 Å². The molecule has 2 fully saturated rings. The van der Waals surface area contributed by atoms with Crippen molar-refractivity contribution in [3.63, 3.8) is 0 Å². The third-order valence-electron chi connectivity index (χ3n) is 3.48.